The first-order valence-corrected chi connectivity index (χ1v) is 15.7. The Hall–Kier alpha value is -1.22. The molecule has 0 aromatic heterocycles. The number of aliphatic hydroxyl groups is 1. The van der Waals surface area contributed by atoms with E-state index in [2.05, 4.69) is 34.5 Å². The van der Waals surface area contributed by atoms with Gasteiger partial charge in [-0.25, -0.2) is 0 Å². The summed E-state index contributed by atoms with van der Waals surface area (Å²) in [5, 5.41) is 14.9. The SMILES string of the molecule is C1OCC2OC12.Clc1ccc(CC2CCNCC2)cc1.O[C@@H]1COC[C@H]1N1CCC(Cc2ccc(Cl)cc2)CC1. The van der Waals surface area contributed by atoms with E-state index in [4.69, 9.17) is 37.4 Å². The third kappa shape index (κ3) is 9.40. The van der Waals surface area contributed by atoms with Crippen molar-refractivity contribution in [2.24, 2.45) is 11.8 Å². The number of aliphatic hydroxyl groups excluding tert-OH is 1. The monoisotopic (exact) mass is 590 g/mol. The molecule has 5 saturated heterocycles. The lowest BCUT2D eigenvalue weighted by Gasteiger charge is -2.36. The molecule has 8 heteroatoms. The summed E-state index contributed by atoms with van der Waals surface area (Å²) >= 11 is 11.8. The van der Waals surface area contributed by atoms with Gasteiger partial charge >= 0.3 is 0 Å². The topological polar surface area (TPSA) is 66.5 Å². The number of nitrogens with zero attached hydrogens (tertiary/aromatic N) is 1. The Balaban J connectivity index is 0.000000138. The van der Waals surface area contributed by atoms with Crippen molar-refractivity contribution in [1.29, 1.82) is 0 Å². The molecule has 40 heavy (non-hydrogen) atoms. The van der Waals surface area contributed by atoms with Gasteiger partial charge in [0.15, 0.2) is 0 Å². The van der Waals surface area contributed by atoms with Crippen molar-refractivity contribution in [3.05, 3.63) is 69.7 Å². The van der Waals surface area contributed by atoms with Crippen LogP contribution in [0.3, 0.4) is 0 Å². The highest BCUT2D eigenvalue weighted by Crippen LogP contribution is 2.28. The predicted octanol–water partition coefficient (Wildman–Crippen LogP) is 5.02. The highest BCUT2D eigenvalue weighted by molar-refractivity contribution is 6.30. The van der Waals surface area contributed by atoms with Crippen LogP contribution < -0.4 is 5.32 Å². The van der Waals surface area contributed by atoms with E-state index in [1.165, 1.54) is 56.3 Å². The molecule has 0 bridgehead atoms. The van der Waals surface area contributed by atoms with E-state index in [9.17, 15) is 5.11 Å². The number of nitrogens with one attached hydrogen (secondary N) is 1. The third-order valence-electron chi connectivity index (χ3n) is 8.73. The van der Waals surface area contributed by atoms with Gasteiger partial charge in [0.2, 0.25) is 0 Å². The standard InChI is InChI=1S/C16H22ClNO2.C12H16ClN.C4H6O2/c17-14-3-1-12(2-4-14)9-13-5-7-18(8-6-13)15-10-20-11-16(15)19;13-12-3-1-10(2-4-12)9-11-5-7-14-8-6-11;1-3-4(6-3)2-5-1/h1-4,13,15-16,19H,5-11H2;1-4,11,14H,5-9H2;3-4H,1-2H2/t15-,16-;;/m1../s1. The van der Waals surface area contributed by atoms with E-state index in [0.29, 0.717) is 25.4 Å². The zero-order chi connectivity index (χ0) is 27.7. The molecule has 0 spiro atoms. The van der Waals surface area contributed by atoms with Crippen LogP contribution in [0.5, 0.6) is 0 Å². The molecule has 0 amide bonds. The summed E-state index contributed by atoms with van der Waals surface area (Å²) < 4.78 is 15.4. The molecule has 2 aromatic carbocycles. The van der Waals surface area contributed by atoms with E-state index < -0.39 is 0 Å². The Labute approximate surface area is 249 Å². The quantitative estimate of drug-likeness (QED) is 0.477. The number of benzene rings is 2. The number of hydrogen-bond donors (Lipinski definition) is 2. The van der Waals surface area contributed by atoms with Gasteiger partial charge in [0.1, 0.15) is 12.2 Å². The summed E-state index contributed by atoms with van der Waals surface area (Å²) in [4.78, 5) is 2.40. The Morgan fingerprint density at radius 3 is 1.62 bits per heavy atom. The average Bonchev–Trinajstić information content (AvgIpc) is 3.33. The second kappa shape index (κ2) is 15.3. The lowest BCUT2D eigenvalue weighted by Crippen LogP contribution is -2.47. The van der Waals surface area contributed by atoms with Crippen molar-refractivity contribution >= 4 is 23.2 Å². The predicted molar refractivity (Wildman–Crippen MR) is 160 cm³/mol. The molecular formula is C32H44Cl2N2O4. The van der Waals surface area contributed by atoms with Crippen molar-refractivity contribution in [2.45, 2.75) is 62.9 Å². The minimum Gasteiger partial charge on any atom is -0.389 e. The zero-order valence-corrected chi connectivity index (χ0v) is 24.9. The number of rotatable bonds is 5. The summed E-state index contributed by atoms with van der Waals surface area (Å²) in [5.74, 6) is 1.60. The van der Waals surface area contributed by atoms with Gasteiger partial charge in [-0.2, -0.15) is 0 Å². The minimum absolute atomic E-state index is 0.214. The zero-order valence-electron chi connectivity index (χ0n) is 23.4. The molecule has 5 fully saturated rings. The molecule has 5 aliphatic rings. The Bertz CT molecular complexity index is 1000. The van der Waals surface area contributed by atoms with Crippen LogP contribution >= 0.6 is 23.2 Å². The van der Waals surface area contributed by atoms with Crippen LogP contribution in [0.4, 0.5) is 0 Å². The minimum atomic E-state index is -0.303. The molecule has 0 radical (unpaired) electrons. The smallest absolute Gasteiger partial charge is 0.110 e. The van der Waals surface area contributed by atoms with Crippen molar-refractivity contribution in [2.75, 3.05) is 52.6 Å². The molecule has 2 aromatic rings. The maximum Gasteiger partial charge on any atom is 0.110 e. The van der Waals surface area contributed by atoms with Crippen molar-refractivity contribution in [3.63, 3.8) is 0 Å². The van der Waals surface area contributed by atoms with Gasteiger partial charge < -0.3 is 24.6 Å². The van der Waals surface area contributed by atoms with Gasteiger partial charge in [0.25, 0.3) is 0 Å². The number of halogens is 2. The first-order valence-electron chi connectivity index (χ1n) is 15.0. The van der Waals surface area contributed by atoms with E-state index in [1.54, 1.807) is 0 Å². The van der Waals surface area contributed by atoms with Crippen LogP contribution in [0.25, 0.3) is 0 Å². The van der Waals surface area contributed by atoms with Gasteiger partial charge in [-0.05, 0) is 112 Å². The van der Waals surface area contributed by atoms with Gasteiger partial charge in [-0.15, -0.1) is 0 Å². The maximum absolute atomic E-state index is 9.89. The third-order valence-corrected chi connectivity index (χ3v) is 9.23. The summed E-state index contributed by atoms with van der Waals surface area (Å²) in [6, 6.07) is 16.7. The molecule has 0 saturated carbocycles. The van der Waals surface area contributed by atoms with Crippen LogP contribution in [0.1, 0.15) is 36.8 Å². The lowest BCUT2D eigenvalue weighted by atomic mass is 9.89. The fourth-order valence-corrected chi connectivity index (χ4v) is 6.39. The van der Waals surface area contributed by atoms with E-state index in [0.717, 1.165) is 54.6 Å². The van der Waals surface area contributed by atoms with Crippen LogP contribution in [0.15, 0.2) is 48.5 Å². The Morgan fingerprint density at radius 2 is 1.20 bits per heavy atom. The molecule has 4 atom stereocenters. The number of fused-ring (bicyclic) bond motifs is 1. The van der Waals surface area contributed by atoms with E-state index in [1.807, 2.05) is 24.3 Å². The number of likely N-dealkylation sites (tertiary alicyclic amines) is 1. The highest BCUT2D eigenvalue weighted by Gasteiger charge is 2.44. The van der Waals surface area contributed by atoms with Crippen molar-refractivity contribution in [1.82, 2.24) is 10.2 Å². The molecule has 7 rings (SSSR count). The fourth-order valence-electron chi connectivity index (χ4n) is 6.14. The van der Waals surface area contributed by atoms with Gasteiger partial charge in [0, 0.05) is 10.0 Å². The first kappa shape index (κ1) is 30.2. The van der Waals surface area contributed by atoms with E-state index >= 15 is 0 Å². The Morgan fingerprint density at radius 1 is 0.700 bits per heavy atom. The lowest BCUT2D eigenvalue weighted by molar-refractivity contribution is 0.0587. The number of hydrogen-bond acceptors (Lipinski definition) is 6. The molecule has 2 unspecified atom stereocenters. The van der Waals surface area contributed by atoms with Crippen molar-refractivity contribution < 1.29 is 19.3 Å². The van der Waals surface area contributed by atoms with Crippen molar-refractivity contribution in [3.8, 4) is 0 Å². The molecular weight excluding hydrogens is 547 g/mol. The number of ether oxygens (including phenoxy) is 3. The second-order valence-electron chi connectivity index (χ2n) is 11.8. The molecule has 6 nitrogen and oxygen atoms in total. The van der Waals surface area contributed by atoms with Crippen LogP contribution in [0, 0.1) is 11.8 Å². The fraction of sp³-hybridized carbons (Fsp3) is 0.625. The molecule has 2 N–H and O–H groups in total. The van der Waals surface area contributed by atoms with Crippen LogP contribution in [-0.2, 0) is 27.1 Å². The average molecular weight is 592 g/mol. The largest absolute Gasteiger partial charge is 0.389 e. The maximum atomic E-state index is 9.89. The summed E-state index contributed by atoms with van der Waals surface area (Å²) in [7, 11) is 0. The van der Waals surface area contributed by atoms with Crippen LogP contribution in [0.2, 0.25) is 10.0 Å². The Kier molecular flexibility index (Phi) is 11.6. The molecule has 220 valence electrons. The normalized spacial score (nSPS) is 28.7. The summed E-state index contributed by atoms with van der Waals surface area (Å²) in [5.41, 5.74) is 2.79. The summed E-state index contributed by atoms with van der Waals surface area (Å²) in [6.07, 6.45) is 8.04. The van der Waals surface area contributed by atoms with E-state index in [-0.39, 0.29) is 12.1 Å². The molecule has 5 aliphatic heterocycles. The molecule has 0 aliphatic carbocycles. The van der Waals surface area contributed by atoms with Gasteiger partial charge in [-0.3, -0.25) is 4.90 Å². The highest BCUT2D eigenvalue weighted by atomic mass is 35.5. The number of piperidine rings is 2. The van der Waals surface area contributed by atoms with Gasteiger partial charge in [-0.1, -0.05) is 47.5 Å². The molecule has 5 heterocycles. The van der Waals surface area contributed by atoms with Gasteiger partial charge in [0.05, 0.1) is 38.6 Å². The second-order valence-corrected chi connectivity index (χ2v) is 12.6. The first-order chi connectivity index (χ1) is 19.5. The number of epoxide rings is 1. The summed E-state index contributed by atoms with van der Waals surface area (Å²) in [6.45, 7) is 7.36. The van der Waals surface area contributed by atoms with Crippen LogP contribution in [-0.4, -0.2) is 87.0 Å².